The van der Waals surface area contributed by atoms with Crippen molar-refractivity contribution in [2.24, 2.45) is 13.0 Å². The molecule has 1 saturated carbocycles. The van der Waals surface area contributed by atoms with Gasteiger partial charge < -0.3 is 19.7 Å². The number of rotatable bonds is 5. The molecule has 1 aliphatic carbocycles. The number of hydrogen-bond acceptors (Lipinski definition) is 6. The first-order valence-corrected chi connectivity index (χ1v) is 11.2. The van der Waals surface area contributed by atoms with Crippen LogP contribution in [0, 0.1) is 5.92 Å². The summed E-state index contributed by atoms with van der Waals surface area (Å²) in [5.41, 5.74) is 2.68. The van der Waals surface area contributed by atoms with Gasteiger partial charge in [0.2, 0.25) is 5.88 Å². The zero-order valence-electron chi connectivity index (χ0n) is 18.6. The van der Waals surface area contributed by atoms with Crippen molar-refractivity contribution in [2.75, 3.05) is 26.7 Å². The monoisotopic (exact) mass is 439 g/mol. The first-order valence-electron chi connectivity index (χ1n) is 11.2. The van der Waals surface area contributed by atoms with Crippen molar-refractivity contribution in [2.45, 2.75) is 44.3 Å². The van der Waals surface area contributed by atoms with Gasteiger partial charge in [0.1, 0.15) is 0 Å². The maximum absolute atomic E-state index is 12.9. The molecule has 1 saturated heterocycles. The average Bonchev–Trinajstić information content (AvgIpc) is 3.60. The molecule has 2 amide bonds. The lowest BCUT2D eigenvalue weighted by molar-refractivity contribution is -0.0990. The topological polar surface area (TPSA) is 98.6 Å². The van der Waals surface area contributed by atoms with Crippen molar-refractivity contribution in [3.05, 3.63) is 40.8 Å². The fourth-order valence-corrected chi connectivity index (χ4v) is 4.63. The molecule has 3 aliphatic rings. The lowest BCUT2D eigenvalue weighted by atomic mass is 9.83. The van der Waals surface area contributed by atoms with E-state index in [0.717, 1.165) is 30.6 Å². The molecule has 9 nitrogen and oxygen atoms in total. The number of pyridine rings is 1. The number of fused-ring (bicyclic) bond motifs is 1. The Kier molecular flexibility index (Phi) is 5.36. The van der Waals surface area contributed by atoms with Crippen LogP contribution < -0.4 is 10.1 Å². The second kappa shape index (κ2) is 8.20. The lowest BCUT2D eigenvalue weighted by Gasteiger charge is -2.43. The smallest absolute Gasteiger partial charge is 0.272 e. The third kappa shape index (κ3) is 3.97. The minimum Gasteiger partial charge on any atom is -0.481 e. The van der Waals surface area contributed by atoms with Crippen LogP contribution in [-0.2, 0) is 24.8 Å². The fourth-order valence-electron chi connectivity index (χ4n) is 4.63. The van der Waals surface area contributed by atoms with Crippen molar-refractivity contribution in [3.8, 4) is 5.88 Å². The number of carbonyl (C=O) groups is 2. The summed E-state index contributed by atoms with van der Waals surface area (Å²) < 4.78 is 13.2. The van der Waals surface area contributed by atoms with Crippen molar-refractivity contribution < 1.29 is 19.1 Å². The van der Waals surface area contributed by atoms with Crippen molar-refractivity contribution in [1.82, 2.24) is 25.0 Å². The van der Waals surface area contributed by atoms with Gasteiger partial charge in [0, 0.05) is 56.6 Å². The second-order valence-corrected chi connectivity index (χ2v) is 9.08. The second-order valence-electron chi connectivity index (χ2n) is 9.08. The van der Waals surface area contributed by atoms with Gasteiger partial charge in [-0.1, -0.05) is 0 Å². The molecule has 0 aromatic carbocycles. The highest BCUT2D eigenvalue weighted by Gasteiger charge is 2.42. The molecular formula is C23H29N5O4. The molecule has 2 fully saturated rings. The molecule has 1 spiro atoms. The number of aromatic nitrogens is 3. The predicted octanol–water partition coefficient (Wildman–Crippen LogP) is 1.71. The summed E-state index contributed by atoms with van der Waals surface area (Å²) >= 11 is 0. The summed E-state index contributed by atoms with van der Waals surface area (Å²) in [6, 6.07) is 3.44. The SMILES string of the molecule is COc1ccc(C(=O)N2CCC3(CC2)Cc2c(c(C(=O)NCC4CC4)nn2C)CO3)cn1. The number of methoxy groups -OCH3 is 1. The van der Waals surface area contributed by atoms with Crippen LogP contribution in [0.25, 0.3) is 0 Å². The molecule has 32 heavy (non-hydrogen) atoms. The largest absolute Gasteiger partial charge is 0.481 e. The molecule has 0 radical (unpaired) electrons. The lowest BCUT2D eigenvalue weighted by Crippen LogP contribution is -2.50. The van der Waals surface area contributed by atoms with Crippen LogP contribution in [0.5, 0.6) is 5.88 Å². The van der Waals surface area contributed by atoms with Gasteiger partial charge in [-0.3, -0.25) is 14.3 Å². The van der Waals surface area contributed by atoms with Gasteiger partial charge in [-0.2, -0.15) is 5.10 Å². The Morgan fingerprint density at radius 1 is 1.28 bits per heavy atom. The van der Waals surface area contributed by atoms with Gasteiger partial charge >= 0.3 is 0 Å². The van der Waals surface area contributed by atoms with Crippen molar-refractivity contribution >= 4 is 11.8 Å². The van der Waals surface area contributed by atoms with E-state index in [1.54, 1.807) is 25.4 Å². The summed E-state index contributed by atoms with van der Waals surface area (Å²) in [7, 11) is 3.44. The third-order valence-electron chi connectivity index (χ3n) is 6.90. The van der Waals surface area contributed by atoms with E-state index in [9.17, 15) is 9.59 Å². The molecule has 4 heterocycles. The standard InChI is InChI=1S/C23H29N5O4/c1-27-18-11-23(32-14-17(18)20(26-27)21(29)25-12-15-3-4-15)7-9-28(10-8-23)22(30)16-5-6-19(31-2)24-13-16/h5-6,13,15H,3-4,7-12,14H2,1-2H3,(H,25,29). The zero-order valence-corrected chi connectivity index (χ0v) is 18.6. The molecule has 2 aromatic rings. The maximum Gasteiger partial charge on any atom is 0.272 e. The molecule has 0 bridgehead atoms. The molecule has 2 aromatic heterocycles. The van der Waals surface area contributed by atoms with E-state index < -0.39 is 0 Å². The van der Waals surface area contributed by atoms with E-state index in [2.05, 4.69) is 15.4 Å². The summed E-state index contributed by atoms with van der Waals surface area (Å²) in [5.74, 6) is 0.977. The number of piperidine rings is 1. The Hall–Kier alpha value is -2.94. The molecular weight excluding hydrogens is 410 g/mol. The number of nitrogens with one attached hydrogen (secondary N) is 1. The number of carbonyl (C=O) groups excluding carboxylic acids is 2. The van der Waals surface area contributed by atoms with Gasteiger partial charge in [-0.05, 0) is 37.7 Å². The van der Waals surface area contributed by atoms with Crippen LogP contribution >= 0.6 is 0 Å². The molecule has 9 heteroatoms. The van der Waals surface area contributed by atoms with Gasteiger partial charge in [0.05, 0.1) is 24.9 Å². The van der Waals surface area contributed by atoms with Gasteiger partial charge in [-0.25, -0.2) is 4.98 Å². The minimum absolute atomic E-state index is 0.0262. The van der Waals surface area contributed by atoms with Crippen LogP contribution in [0.2, 0.25) is 0 Å². The number of amides is 2. The highest BCUT2D eigenvalue weighted by Crippen LogP contribution is 2.37. The Labute approximate surface area is 187 Å². The first kappa shape index (κ1) is 20.9. The van der Waals surface area contributed by atoms with Crippen molar-refractivity contribution in [3.63, 3.8) is 0 Å². The van der Waals surface area contributed by atoms with Crippen LogP contribution in [-0.4, -0.2) is 63.8 Å². The molecule has 0 atom stereocenters. The highest BCUT2D eigenvalue weighted by atomic mass is 16.5. The van der Waals surface area contributed by atoms with E-state index in [-0.39, 0.29) is 17.4 Å². The summed E-state index contributed by atoms with van der Waals surface area (Å²) in [6.45, 7) is 2.34. The van der Waals surface area contributed by atoms with E-state index >= 15 is 0 Å². The summed E-state index contributed by atoms with van der Waals surface area (Å²) in [4.78, 5) is 31.5. The summed E-state index contributed by atoms with van der Waals surface area (Å²) in [5, 5.41) is 7.52. The molecule has 1 N–H and O–H groups in total. The van der Waals surface area contributed by atoms with Gasteiger partial charge in [0.25, 0.3) is 11.8 Å². The molecule has 0 unspecified atom stereocenters. The van der Waals surface area contributed by atoms with Crippen molar-refractivity contribution in [1.29, 1.82) is 0 Å². The van der Waals surface area contributed by atoms with E-state index in [1.165, 1.54) is 12.8 Å². The fraction of sp³-hybridized carbons (Fsp3) is 0.565. The van der Waals surface area contributed by atoms with Gasteiger partial charge in [-0.15, -0.1) is 0 Å². The minimum atomic E-state index is -0.322. The number of ether oxygens (including phenoxy) is 2. The number of nitrogens with zero attached hydrogens (tertiary/aromatic N) is 4. The van der Waals surface area contributed by atoms with Crippen LogP contribution in [0.15, 0.2) is 18.3 Å². The highest BCUT2D eigenvalue weighted by molar-refractivity contribution is 5.94. The Morgan fingerprint density at radius 2 is 2.06 bits per heavy atom. The number of hydrogen-bond donors (Lipinski definition) is 1. The average molecular weight is 440 g/mol. The molecule has 170 valence electrons. The number of aryl methyl sites for hydroxylation is 1. The maximum atomic E-state index is 12.9. The quantitative estimate of drug-likeness (QED) is 0.762. The molecule has 2 aliphatic heterocycles. The Morgan fingerprint density at radius 3 is 2.72 bits per heavy atom. The summed E-state index contributed by atoms with van der Waals surface area (Å²) in [6.07, 6.45) is 6.14. The normalized spacial score (nSPS) is 19.5. The van der Waals surface area contributed by atoms with Crippen LogP contribution in [0.4, 0.5) is 0 Å². The number of likely N-dealkylation sites (tertiary alicyclic amines) is 1. The first-order chi connectivity index (χ1) is 15.5. The predicted molar refractivity (Wildman–Crippen MR) is 115 cm³/mol. The zero-order chi connectivity index (χ0) is 22.3. The Bertz CT molecular complexity index is 1020. The van der Waals surface area contributed by atoms with E-state index in [0.29, 0.717) is 49.2 Å². The van der Waals surface area contributed by atoms with Crippen LogP contribution in [0.3, 0.4) is 0 Å². The third-order valence-corrected chi connectivity index (χ3v) is 6.90. The van der Waals surface area contributed by atoms with Gasteiger partial charge in [0.15, 0.2) is 5.69 Å². The van der Waals surface area contributed by atoms with Crippen LogP contribution in [0.1, 0.15) is 57.8 Å². The van der Waals surface area contributed by atoms with E-state index in [1.807, 2.05) is 16.6 Å². The van der Waals surface area contributed by atoms with E-state index in [4.69, 9.17) is 9.47 Å². The Balaban J connectivity index is 1.24. The molecule has 5 rings (SSSR count).